The summed E-state index contributed by atoms with van der Waals surface area (Å²) in [5.74, 6) is -3.76. The van der Waals surface area contributed by atoms with Gasteiger partial charge in [-0.25, -0.2) is 0 Å². The molecule has 0 aromatic carbocycles. The summed E-state index contributed by atoms with van der Waals surface area (Å²) in [6.07, 6.45) is -3.01. The summed E-state index contributed by atoms with van der Waals surface area (Å²) in [5, 5.41) is 11.1. The van der Waals surface area contributed by atoms with Gasteiger partial charge in [0.25, 0.3) is 0 Å². The van der Waals surface area contributed by atoms with E-state index in [9.17, 15) is 18.0 Å². The first kappa shape index (κ1) is 16.2. The fourth-order valence-electron chi connectivity index (χ4n) is 1.52. The molecule has 0 rings (SSSR count). The highest BCUT2D eigenvalue weighted by Crippen LogP contribution is 2.26. The summed E-state index contributed by atoms with van der Waals surface area (Å²) in [6.45, 7) is 5.21. The molecule has 3 atom stereocenters. The first-order valence-corrected chi connectivity index (χ1v) is 5.71. The third-order valence-electron chi connectivity index (χ3n) is 2.82. The fraction of sp³-hybridized carbons (Fsp3) is 0.909. The second-order valence-corrected chi connectivity index (χ2v) is 4.49. The molecule has 17 heavy (non-hydrogen) atoms. The van der Waals surface area contributed by atoms with E-state index < -0.39 is 24.6 Å². The van der Waals surface area contributed by atoms with Crippen LogP contribution in [-0.4, -0.2) is 29.8 Å². The second-order valence-electron chi connectivity index (χ2n) is 4.49. The molecule has 0 aliphatic heterocycles. The molecule has 0 aliphatic rings. The Morgan fingerprint density at radius 1 is 1.35 bits per heavy atom. The zero-order valence-corrected chi connectivity index (χ0v) is 10.3. The first-order chi connectivity index (χ1) is 7.68. The predicted octanol–water partition coefficient (Wildman–Crippen LogP) is 2.66. The maximum Gasteiger partial charge on any atom is 0.403 e. The SMILES string of the molecule is CCC(C)CC(C)NCC(C(=O)O)C(F)(F)F. The van der Waals surface area contributed by atoms with Gasteiger partial charge < -0.3 is 10.4 Å². The molecular formula is C11H20F3NO2. The van der Waals surface area contributed by atoms with Gasteiger partial charge in [0.1, 0.15) is 0 Å². The van der Waals surface area contributed by atoms with Crippen molar-refractivity contribution in [2.24, 2.45) is 11.8 Å². The molecule has 3 unspecified atom stereocenters. The van der Waals surface area contributed by atoms with Crippen LogP contribution in [0.4, 0.5) is 13.2 Å². The molecule has 0 heterocycles. The lowest BCUT2D eigenvalue weighted by Crippen LogP contribution is -2.42. The van der Waals surface area contributed by atoms with Gasteiger partial charge >= 0.3 is 12.1 Å². The highest BCUT2D eigenvalue weighted by Gasteiger charge is 2.44. The molecule has 0 amide bonds. The minimum Gasteiger partial charge on any atom is -0.481 e. The van der Waals surface area contributed by atoms with Crippen molar-refractivity contribution in [1.82, 2.24) is 5.32 Å². The van der Waals surface area contributed by atoms with E-state index in [-0.39, 0.29) is 6.04 Å². The largest absolute Gasteiger partial charge is 0.481 e. The van der Waals surface area contributed by atoms with Crippen LogP contribution >= 0.6 is 0 Å². The standard InChI is InChI=1S/C11H20F3NO2/c1-4-7(2)5-8(3)15-6-9(10(16)17)11(12,13)14/h7-9,15H,4-6H2,1-3H3,(H,16,17). The van der Waals surface area contributed by atoms with E-state index in [0.29, 0.717) is 5.92 Å². The molecular weight excluding hydrogens is 235 g/mol. The lowest BCUT2D eigenvalue weighted by molar-refractivity contribution is -0.192. The molecule has 0 radical (unpaired) electrons. The fourth-order valence-corrected chi connectivity index (χ4v) is 1.52. The van der Waals surface area contributed by atoms with Crippen LogP contribution in [0.2, 0.25) is 0 Å². The van der Waals surface area contributed by atoms with E-state index in [2.05, 4.69) is 5.32 Å². The van der Waals surface area contributed by atoms with Crippen LogP contribution in [0.5, 0.6) is 0 Å². The van der Waals surface area contributed by atoms with Crippen LogP contribution in [0.1, 0.15) is 33.6 Å². The Balaban J connectivity index is 4.19. The van der Waals surface area contributed by atoms with Crippen molar-refractivity contribution in [1.29, 1.82) is 0 Å². The summed E-state index contributed by atoms with van der Waals surface area (Å²) in [4.78, 5) is 10.5. The number of aliphatic carboxylic acids is 1. The molecule has 0 fully saturated rings. The average molecular weight is 255 g/mol. The van der Waals surface area contributed by atoms with Gasteiger partial charge in [-0.3, -0.25) is 4.79 Å². The Kier molecular flexibility index (Phi) is 6.52. The van der Waals surface area contributed by atoms with E-state index in [1.807, 2.05) is 13.8 Å². The van der Waals surface area contributed by atoms with Gasteiger partial charge in [-0.15, -0.1) is 0 Å². The molecule has 0 aromatic heterocycles. The Hall–Kier alpha value is -0.780. The first-order valence-electron chi connectivity index (χ1n) is 5.71. The lowest BCUT2D eigenvalue weighted by atomic mass is 10.00. The van der Waals surface area contributed by atoms with Gasteiger partial charge in [0.15, 0.2) is 5.92 Å². The van der Waals surface area contributed by atoms with E-state index in [4.69, 9.17) is 5.11 Å². The summed E-state index contributed by atoms with van der Waals surface area (Å²) in [7, 11) is 0. The second kappa shape index (κ2) is 6.83. The quantitative estimate of drug-likeness (QED) is 0.735. The van der Waals surface area contributed by atoms with Gasteiger partial charge in [0, 0.05) is 12.6 Å². The third kappa shape index (κ3) is 6.51. The van der Waals surface area contributed by atoms with Crippen LogP contribution in [0.3, 0.4) is 0 Å². The number of alkyl halides is 3. The minimum atomic E-state index is -4.70. The van der Waals surface area contributed by atoms with Crippen molar-refractivity contribution in [2.45, 2.75) is 45.8 Å². The van der Waals surface area contributed by atoms with Crippen molar-refractivity contribution in [2.75, 3.05) is 6.54 Å². The number of carboxylic acid groups (broad SMARTS) is 1. The molecule has 0 saturated carbocycles. The third-order valence-corrected chi connectivity index (χ3v) is 2.82. The topological polar surface area (TPSA) is 49.3 Å². The van der Waals surface area contributed by atoms with E-state index in [0.717, 1.165) is 12.8 Å². The number of hydrogen-bond acceptors (Lipinski definition) is 2. The van der Waals surface area contributed by atoms with Crippen molar-refractivity contribution >= 4 is 5.97 Å². The lowest BCUT2D eigenvalue weighted by Gasteiger charge is -2.21. The zero-order valence-electron chi connectivity index (χ0n) is 10.3. The van der Waals surface area contributed by atoms with Gasteiger partial charge in [-0.1, -0.05) is 20.3 Å². The summed E-state index contributed by atoms with van der Waals surface area (Å²) < 4.78 is 37.0. The Morgan fingerprint density at radius 3 is 2.24 bits per heavy atom. The molecule has 102 valence electrons. The van der Waals surface area contributed by atoms with Crippen LogP contribution in [0.25, 0.3) is 0 Å². The Morgan fingerprint density at radius 2 is 1.88 bits per heavy atom. The van der Waals surface area contributed by atoms with Crippen molar-refractivity contribution in [3.63, 3.8) is 0 Å². The van der Waals surface area contributed by atoms with E-state index >= 15 is 0 Å². The van der Waals surface area contributed by atoms with Crippen LogP contribution < -0.4 is 5.32 Å². The van der Waals surface area contributed by atoms with Crippen LogP contribution in [-0.2, 0) is 4.79 Å². The van der Waals surface area contributed by atoms with Crippen molar-refractivity contribution < 1.29 is 23.1 Å². The summed E-state index contributed by atoms with van der Waals surface area (Å²) in [6, 6.07) is -0.117. The number of halogens is 3. The summed E-state index contributed by atoms with van der Waals surface area (Å²) in [5.41, 5.74) is 0. The van der Waals surface area contributed by atoms with Crippen molar-refractivity contribution in [3.05, 3.63) is 0 Å². The molecule has 0 aromatic rings. The Bertz CT molecular complexity index is 243. The maximum absolute atomic E-state index is 12.3. The molecule has 6 heteroatoms. The van der Waals surface area contributed by atoms with Gasteiger partial charge in [0.05, 0.1) is 0 Å². The van der Waals surface area contributed by atoms with Crippen LogP contribution in [0, 0.1) is 11.8 Å². The summed E-state index contributed by atoms with van der Waals surface area (Å²) >= 11 is 0. The molecule has 0 saturated heterocycles. The zero-order chi connectivity index (χ0) is 13.6. The minimum absolute atomic E-state index is 0.117. The monoisotopic (exact) mass is 255 g/mol. The van der Waals surface area contributed by atoms with Gasteiger partial charge in [-0.2, -0.15) is 13.2 Å². The molecule has 0 bridgehead atoms. The number of nitrogens with one attached hydrogen (secondary N) is 1. The molecule has 2 N–H and O–H groups in total. The molecule has 0 aliphatic carbocycles. The maximum atomic E-state index is 12.3. The van der Waals surface area contributed by atoms with Gasteiger partial charge in [-0.05, 0) is 19.3 Å². The van der Waals surface area contributed by atoms with Gasteiger partial charge in [0.2, 0.25) is 0 Å². The number of hydrogen-bond donors (Lipinski definition) is 2. The van der Waals surface area contributed by atoms with E-state index in [1.54, 1.807) is 6.92 Å². The smallest absolute Gasteiger partial charge is 0.403 e. The molecule has 0 spiro atoms. The molecule has 3 nitrogen and oxygen atoms in total. The van der Waals surface area contributed by atoms with Crippen LogP contribution in [0.15, 0.2) is 0 Å². The highest BCUT2D eigenvalue weighted by molar-refractivity contribution is 5.71. The predicted molar refractivity (Wildman–Crippen MR) is 58.7 cm³/mol. The Labute approximate surface area is 99.4 Å². The van der Waals surface area contributed by atoms with Crippen molar-refractivity contribution in [3.8, 4) is 0 Å². The highest BCUT2D eigenvalue weighted by atomic mass is 19.4. The average Bonchev–Trinajstić information content (AvgIpc) is 2.14. The number of rotatable bonds is 7. The normalized spacial score (nSPS) is 17.5. The number of carbonyl (C=O) groups is 1. The van der Waals surface area contributed by atoms with E-state index in [1.165, 1.54) is 0 Å². The number of carboxylic acids is 1.